The topological polar surface area (TPSA) is 58.6 Å². The highest BCUT2D eigenvalue weighted by Gasteiger charge is 2.29. The van der Waals surface area contributed by atoms with Gasteiger partial charge < -0.3 is 15.0 Å². The number of benzene rings is 2. The van der Waals surface area contributed by atoms with E-state index in [0.29, 0.717) is 23.7 Å². The maximum atomic E-state index is 13.1. The Morgan fingerprint density at radius 2 is 1.80 bits per heavy atom. The summed E-state index contributed by atoms with van der Waals surface area (Å²) in [6, 6.07) is 14.3. The van der Waals surface area contributed by atoms with Crippen molar-refractivity contribution in [2.45, 2.75) is 59.2 Å². The Morgan fingerprint density at radius 3 is 2.40 bits per heavy atom. The molecule has 2 amide bonds. The number of carbonyl (C=O) groups excluding carboxylic acids is 2. The van der Waals surface area contributed by atoms with E-state index >= 15 is 0 Å². The number of hydrogen-bond acceptors (Lipinski definition) is 3. The van der Waals surface area contributed by atoms with Crippen LogP contribution in [-0.4, -0.2) is 35.4 Å². The minimum absolute atomic E-state index is 0.0489. The van der Waals surface area contributed by atoms with Crippen LogP contribution in [0.3, 0.4) is 0 Å². The Bertz CT molecular complexity index is 839. The second-order valence-electron chi connectivity index (χ2n) is 7.50. The van der Waals surface area contributed by atoms with Crippen molar-refractivity contribution in [1.29, 1.82) is 0 Å². The molecule has 1 N–H and O–H groups in total. The van der Waals surface area contributed by atoms with Crippen LogP contribution in [0.25, 0.3) is 0 Å². The van der Waals surface area contributed by atoms with Gasteiger partial charge in [0.1, 0.15) is 11.8 Å². The first-order valence-corrected chi connectivity index (χ1v) is 10.8. The summed E-state index contributed by atoms with van der Waals surface area (Å²) in [5.41, 5.74) is 2.08. The van der Waals surface area contributed by atoms with Gasteiger partial charge in [0.05, 0.1) is 0 Å². The third-order valence-corrected chi connectivity index (χ3v) is 5.25. The fourth-order valence-corrected chi connectivity index (χ4v) is 3.25. The fourth-order valence-electron chi connectivity index (χ4n) is 3.13. The average Bonchev–Trinajstić information content (AvgIpc) is 2.72. The zero-order chi connectivity index (χ0) is 22.1. The second-order valence-corrected chi connectivity index (χ2v) is 7.93. The molecule has 0 saturated carbocycles. The first-order valence-electron chi connectivity index (χ1n) is 10.4. The lowest BCUT2D eigenvalue weighted by Gasteiger charge is -2.31. The predicted molar refractivity (Wildman–Crippen MR) is 121 cm³/mol. The van der Waals surface area contributed by atoms with Crippen molar-refractivity contribution in [2.75, 3.05) is 6.61 Å². The standard InChI is InChI=1S/C24H31ClN2O3/c1-5-18(4)26-24(29)22(6-2)27(15-19-9-7-8-17(3)14-19)23(28)16-30-21-12-10-20(25)11-13-21/h7-14,18,22H,5-6,15-16H2,1-4H3,(H,26,29)/t18-,22-/m1/s1. The molecule has 0 aromatic heterocycles. The number of nitrogens with one attached hydrogen (secondary N) is 1. The molecule has 0 unspecified atom stereocenters. The molecule has 30 heavy (non-hydrogen) atoms. The minimum Gasteiger partial charge on any atom is -0.484 e. The summed E-state index contributed by atoms with van der Waals surface area (Å²) in [6.07, 6.45) is 1.34. The summed E-state index contributed by atoms with van der Waals surface area (Å²) in [4.78, 5) is 27.6. The van der Waals surface area contributed by atoms with E-state index in [1.54, 1.807) is 29.2 Å². The van der Waals surface area contributed by atoms with Gasteiger partial charge in [-0.3, -0.25) is 9.59 Å². The molecular formula is C24H31ClN2O3. The van der Waals surface area contributed by atoms with E-state index < -0.39 is 6.04 Å². The summed E-state index contributed by atoms with van der Waals surface area (Å²) >= 11 is 5.90. The number of ether oxygens (including phenoxy) is 1. The van der Waals surface area contributed by atoms with Gasteiger partial charge >= 0.3 is 0 Å². The molecule has 0 aliphatic rings. The third kappa shape index (κ3) is 7.06. The van der Waals surface area contributed by atoms with Gasteiger partial charge in [0.25, 0.3) is 5.91 Å². The lowest BCUT2D eigenvalue weighted by Crippen LogP contribution is -2.51. The van der Waals surface area contributed by atoms with Gasteiger partial charge in [-0.2, -0.15) is 0 Å². The smallest absolute Gasteiger partial charge is 0.261 e. The molecule has 6 heteroatoms. The van der Waals surface area contributed by atoms with Crippen molar-refractivity contribution in [1.82, 2.24) is 10.2 Å². The van der Waals surface area contributed by atoms with E-state index in [2.05, 4.69) is 5.32 Å². The van der Waals surface area contributed by atoms with Crippen LogP contribution in [0.2, 0.25) is 5.02 Å². The Morgan fingerprint density at radius 1 is 1.10 bits per heavy atom. The van der Waals surface area contributed by atoms with Crippen LogP contribution in [0.5, 0.6) is 5.75 Å². The van der Waals surface area contributed by atoms with Crippen molar-refractivity contribution < 1.29 is 14.3 Å². The normalized spacial score (nSPS) is 12.7. The highest BCUT2D eigenvalue weighted by molar-refractivity contribution is 6.30. The van der Waals surface area contributed by atoms with Gasteiger partial charge in [0.2, 0.25) is 5.91 Å². The SMILES string of the molecule is CC[C@@H](C)NC(=O)[C@@H](CC)N(Cc1cccc(C)c1)C(=O)COc1ccc(Cl)cc1. The molecule has 0 fully saturated rings. The Labute approximate surface area is 184 Å². The molecule has 0 heterocycles. The molecule has 0 aliphatic heterocycles. The molecule has 5 nitrogen and oxygen atoms in total. The van der Waals surface area contributed by atoms with Crippen molar-refractivity contribution in [2.24, 2.45) is 0 Å². The monoisotopic (exact) mass is 430 g/mol. The van der Waals surface area contributed by atoms with Gasteiger partial charge in [-0.25, -0.2) is 0 Å². The largest absolute Gasteiger partial charge is 0.484 e. The lowest BCUT2D eigenvalue weighted by atomic mass is 10.1. The predicted octanol–water partition coefficient (Wildman–Crippen LogP) is 4.75. The van der Waals surface area contributed by atoms with Crippen molar-refractivity contribution in [3.8, 4) is 5.75 Å². The van der Waals surface area contributed by atoms with Crippen LogP contribution in [0.15, 0.2) is 48.5 Å². The fraction of sp³-hybridized carbons (Fsp3) is 0.417. The number of amides is 2. The molecule has 0 aliphatic carbocycles. The molecule has 2 aromatic rings. The van der Waals surface area contributed by atoms with Crippen molar-refractivity contribution in [3.63, 3.8) is 0 Å². The number of nitrogens with zero attached hydrogens (tertiary/aromatic N) is 1. The molecular weight excluding hydrogens is 400 g/mol. The van der Waals surface area contributed by atoms with E-state index in [9.17, 15) is 9.59 Å². The van der Waals surface area contributed by atoms with Gasteiger partial charge in [-0.15, -0.1) is 0 Å². The molecule has 2 aromatic carbocycles. The van der Waals surface area contributed by atoms with Crippen LogP contribution in [0.1, 0.15) is 44.7 Å². The Hall–Kier alpha value is -2.53. The first-order chi connectivity index (χ1) is 14.3. The van der Waals surface area contributed by atoms with Gasteiger partial charge in [0.15, 0.2) is 6.61 Å². The molecule has 0 radical (unpaired) electrons. The van der Waals surface area contributed by atoms with Gasteiger partial charge in [0, 0.05) is 17.6 Å². The van der Waals surface area contributed by atoms with E-state index in [1.807, 2.05) is 52.0 Å². The maximum absolute atomic E-state index is 13.1. The van der Waals surface area contributed by atoms with E-state index in [1.165, 1.54) is 0 Å². The van der Waals surface area contributed by atoms with Crippen molar-refractivity contribution in [3.05, 3.63) is 64.7 Å². The van der Waals surface area contributed by atoms with Crippen LogP contribution in [0, 0.1) is 6.92 Å². The number of halogens is 1. The van der Waals surface area contributed by atoms with E-state index in [4.69, 9.17) is 16.3 Å². The highest BCUT2D eigenvalue weighted by atomic mass is 35.5. The molecule has 162 valence electrons. The highest BCUT2D eigenvalue weighted by Crippen LogP contribution is 2.17. The summed E-state index contributed by atoms with van der Waals surface area (Å²) < 4.78 is 5.66. The number of carbonyl (C=O) groups is 2. The van der Waals surface area contributed by atoms with Crippen LogP contribution >= 0.6 is 11.6 Å². The van der Waals surface area contributed by atoms with Crippen LogP contribution in [0.4, 0.5) is 0 Å². The van der Waals surface area contributed by atoms with Crippen molar-refractivity contribution >= 4 is 23.4 Å². The molecule has 2 rings (SSSR count). The zero-order valence-electron chi connectivity index (χ0n) is 18.2. The summed E-state index contributed by atoms with van der Waals surface area (Å²) in [7, 11) is 0. The lowest BCUT2D eigenvalue weighted by molar-refractivity contribution is -0.143. The molecule has 0 spiro atoms. The summed E-state index contributed by atoms with van der Waals surface area (Å²) in [5.74, 6) is 0.178. The molecule has 2 atom stereocenters. The quantitative estimate of drug-likeness (QED) is 0.591. The van der Waals surface area contributed by atoms with Crippen LogP contribution in [-0.2, 0) is 16.1 Å². The first kappa shape index (κ1) is 23.7. The zero-order valence-corrected chi connectivity index (χ0v) is 18.9. The Kier molecular flexibility index (Phi) is 9.18. The van der Waals surface area contributed by atoms with Gasteiger partial charge in [-0.05, 0) is 56.5 Å². The summed E-state index contributed by atoms with van der Waals surface area (Å²) in [5, 5.41) is 3.60. The van der Waals surface area contributed by atoms with Gasteiger partial charge in [-0.1, -0.05) is 55.3 Å². The number of aryl methyl sites for hydroxylation is 1. The van der Waals surface area contributed by atoms with Crippen LogP contribution < -0.4 is 10.1 Å². The van der Waals surface area contributed by atoms with E-state index in [-0.39, 0.29) is 24.5 Å². The average molecular weight is 431 g/mol. The molecule has 0 bridgehead atoms. The summed E-state index contributed by atoms with van der Waals surface area (Å²) in [6.45, 7) is 8.09. The number of hydrogen-bond donors (Lipinski definition) is 1. The molecule has 0 saturated heterocycles. The number of rotatable bonds is 10. The maximum Gasteiger partial charge on any atom is 0.261 e. The minimum atomic E-state index is -0.569. The third-order valence-electron chi connectivity index (χ3n) is 5.00. The Balaban J connectivity index is 2.20. The van der Waals surface area contributed by atoms with E-state index in [0.717, 1.165) is 17.5 Å². The second kappa shape index (κ2) is 11.6.